The van der Waals surface area contributed by atoms with Crippen LogP contribution in [-0.4, -0.2) is 38.0 Å². The van der Waals surface area contributed by atoms with E-state index in [-0.39, 0.29) is 13.0 Å². The van der Waals surface area contributed by atoms with E-state index >= 15 is 0 Å². The van der Waals surface area contributed by atoms with Crippen LogP contribution in [0, 0.1) is 6.92 Å². The zero-order valence-corrected chi connectivity index (χ0v) is 9.59. The minimum Gasteiger partial charge on any atom is -0.396 e. The molecule has 0 radical (unpaired) electrons. The van der Waals surface area contributed by atoms with Crippen molar-refractivity contribution in [3.8, 4) is 0 Å². The molecule has 5 heteroatoms. The van der Waals surface area contributed by atoms with Crippen LogP contribution in [0.1, 0.15) is 23.9 Å². The Morgan fingerprint density at radius 2 is 2.12 bits per heavy atom. The standard InChI is InChI=1S/C12H16N2O3/c1-7-13-9-3-2-8(6-10(9)14-7)12(17)11(16)4-5-15/h2-3,6,11-12,15-17H,4-5H2,1H3,(H,13,14). The quantitative estimate of drug-likeness (QED) is 0.627. The molecule has 17 heavy (non-hydrogen) atoms. The van der Waals surface area contributed by atoms with Crippen molar-refractivity contribution < 1.29 is 15.3 Å². The van der Waals surface area contributed by atoms with Crippen LogP contribution in [0.3, 0.4) is 0 Å². The van der Waals surface area contributed by atoms with E-state index in [9.17, 15) is 10.2 Å². The molecule has 2 rings (SSSR count). The summed E-state index contributed by atoms with van der Waals surface area (Å²) in [6.45, 7) is 1.71. The second kappa shape index (κ2) is 4.83. The highest BCUT2D eigenvalue weighted by Crippen LogP contribution is 2.22. The Kier molecular flexibility index (Phi) is 3.42. The van der Waals surface area contributed by atoms with E-state index in [1.807, 2.05) is 6.92 Å². The number of rotatable bonds is 4. The topological polar surface area (TPSA) is 89.4 Å². The van der Waals surface area contributed by atoms with E-state index in [1.165, 1.54) is 0 Å². The van der Waals surface area contributed by atoms with Crippen LogP contribution >= 0.6 is 0 Å². The molecule has 0 aliphatic carbocycles. The molecule has 92 valence electrons. The normalized spacial score (nSPS) is 15.1. The average molecular weight is 236 g/mol. The predicted molar refractivity (Wildman–Crippen MR) is 63.5 cm³/mol. The Labute approximate surface area is 98.7 Å². The van der Waals surface area contributed by atoms with Crippen molar-refractivity contribution in [1.82, 2.24) is 9.97 Å². The fraction of sp³-hybridized carbons (Fsp3) is 0.417. The van der Waals surface area contributed by atoms with Gasteiger partial charge in [-0.2, -0.15) is 0 Å². The molecule has 1 heterocycles. The lowest BCUT2D eigenvalue weighted by Gasteiger charge is -2.17. The molecule has 0 amide bonds. The Morgan fingerprint density at radius 3 is 2.82 bits per heavy atom. The third kappa shape index (κ3) is 2.46. The summed E-state index contributed by atoms with van der Waals surface area (Å²) in [5.41, 5.74) is 2.27. The van der Waals surface area contributed by atoms with E-state index in [0.717, 1.165) is 16.9 Å². The second-order valence-corrected chi connectivity index (χ2v) is 4.12. The molecule has 4 N–H and O–H groups in total. The summed E-state index contributed by atoms with van der Waals surface area (Å²) < 4.78 is 0. The van der Waals surface area contributed by atoms with Gasteiger partial charge in [-0.3, -0.25) is 0 Å². The van der Waals surface area contributed by atoms with Crippen LogP contribution < -0.4 is 0 Å². The highest BCUT2D eigenvalue weighted by Gasteiger charge is 2.18. The zero-order valence-electron chi connectivity index (χ0n) is 9.59. The average Bonchev–Trinajstić information content (AvgIpc) is 2.67. The summed E-state index contributed by atoms with van der Waals surface area (Å²) in [5, 5.41) is 28.2. The first-order valence-electron chi connectivity index (χ1n) is 5.55. The van der Waals surface area contributed by atoms with Gasteiger partial charge in [-0.25, -0.2) is 4.98 Å². The first-order valence-corrected chi connectivity index (χ1v) is 5.55. The van der Waals surface area contributed by atoms with Crippen LogP contribution in [0.4, 0.5) is 0 Å². The van der Waals surface area contributed by atoms with Gasteiger partial charge in [0.15, 0.2) is 0 Å². The van der Waals surface area contributed by atoms with Gasteiger partial charge in [0.25, 0.3) is 0 Å². The third-order valence-corrected chi connectivity index (χ3v) is 2.76. The van der Waals surface area contributed by atoms with Gasteiger partial charge in [0.1, 0.15) is 11.9 Å². The fourth-order valence-electron chi connectivity index (χ4n) is 1.85. The summed E-state index contributed by atoms with van der Waals surface area (Å²) in [6, 6.07) is 5.29. The van der Waals surface area contributed by atoms with Crippen LogP contribution in [0.2, 0.25) is 0 Å². The number of aliphatic hydroxyl groups excluding tert-OH is 3. The zero-order chi connectivity index (χ0) is 12.4. The molecular weight excluding hydrogens is 220 g/mol. The van der Waals surface area contributed by atoms with Crippen molar-refractivity contribution in [3.63, 3.8) is 0 Å². The molecule has 0 aliphatic rings. The molecule has 0 saturated carbocycles. The molecule has 2 atom stereocenters. The number of nitrogens with one attached hydrogen (secondary N) is 1. The molecule has 1 aromatic carbocycles. The lowest BCUT2D eigenvalue weighted by molar-refractivity contribution is 0.00428. The lowest BCUT2D eigenvalue weighted by atomic mass is 10.0. The van der Waals surface area contributed by atoms with E-state index in [2.05, 4.69) is 9.97 Å². The van der Waals surface area contributed by atoms with Crippen LogP contribution in [0.15, 0.2) is 18.2 Å². The SMILES string of the molecule is Cc1nc2ccc(C(O)C(O)CCO)cc2[nH]1. The van der Waals surface area contributed by atoms with E-state index in [1.54, 1.807) is 18.2 Å². The Morgan fingerprint density at radius 1 is 1.35 bits per heavy atom. The number of aryl methyl sites for hydroxylation is 1. The van der Waals surface area contributed by atoms with Gasteiger partial charge < -0.3 is 20.3 Å². The molecule has 0 fully saturated rings. The highest BCUT2D eigenvalue weighted by molar-refractivity contribution is 5.75. The summed E-state index contributed by atoms with van der Waals surface area (Å²) in [7, 11) is 0. The van der Waals surface area contributed by atoms with Crippen molar-refractivity contribution in [2.24, 2.45) is 0 Å². The van der Waals surface area contributed by atoms with Gasteiger partial charge in [-0.05, 0) is 31.0 Å². The Balaban J connectivity index is 2.28. The number of aliphatic hydroxyl groups is 3. The van der Waals surface area contributed by atoms with Gasteiger partial charge in [-0.15, -0.1) is 0 Å². The third-order valence-electron chi connectivity index (χ3n) is 2.76. The van der Waals surface area contributed by atoms with Gasteiger partial charge in [-0.1, -0.05) is 6.07 Å². The molecular formula is C12H16N2O3. The largest absolute Gasteiger partial charge is 0.396 e. The molecule has 2 aromatic rings. The first kappa shape index (κ1) is 12.0. The van der Waals surface area contributed by atoms with Crippen molar-refractivity contribution in [2.45, 2.75) is 25.6 Å². The number of hydrogen-bond donors (Lipinski definition) is 4. The number of aromatic amines is 1. The monoisotopic (exact) mass is 236 g/mol. The Hall–Kier alpha value is -1.43. The van der Waals surface area contributed by atoms with E-state index in [0.29, 0.717) is 5.56 Å². The van der Waals surface area contributed by atoms with E-state index in [4.69, 9.17) is 5.11 Å². The molecule has 0 aliphatic heterocycles. The predicted octanol–water partition coefficient (Wildman–Crippen LogP) is 0.648. The second-order valence-electron chi connectivity index (χ2n) is 4.12. The summed E-state index contributed by atoms with van der Waals surface area (Å²) >= 11 is 0. The molecule has 0 saturated heterocycles. The van der Waals surface area contributed by atoms with Crippen molar-refractivity contribution >= 4 is 11.0 Å². The van der Waals surface area contributed by atoms with Crippen LogP contribution in [0.5, 0.6) is 0 Å². The van der Waals surface area contributed by atoms with Gasteiger partial charge in [0, 0.05) is 6.61 Å². The fourth-order valence-corrected chi connectivity index (χ4v) is 1.85. The molecule has 2 unspecified atom stereocenters. The van der Waals surface area contributed by atoms with Gasteiger partial charge in [0.2, 0.25) is 0 Å². The summed E-state index contributed by atoms with van der Waals surface area (Å²) in [5.74, 6) is 0.808. The van der Waals surface area contributed by atoms with Crippen molar-refractivity contribution in [3.05, 3.63) is 29.6 Å². The van der Waals surface area contributed by atoms with Gasteiger partial charge in [0.05, 0.1) is 17.1 Å². The van der Waals surface area contributed by atoms with Crippen LogP contribution in [-0.2, 0) is 0 Å². The maximum atomic E-state index is 9.89. The molecule has 1 aromatic heterocycles. The minimum atomic E-state index is -0.991. The maximum absolute atomic E-state index is 9.89. The number of nitrogens with zero attached hydrogens (tertiary/aromatic N) is 1. The van der Waals surface area contributed by atoms with E-state index < -0.39 is 12.2 Å². The number of benzene rings is 1. The lowest BCUT2D eigenvalue weighted by Crippen LogP contribution is -2.19. The van der Waals surface area contributed by atoms with Crippen molar-refractivity contribution in [2.75, 3.05) is 6.61 Å². The smallest absolute Gasteiger partial charge is 0.105 e. The van der Waals surface area contributed by atoms with Crippen molar-refractivity contribution in [1.29, 1.82) is 0 Å². The summed E-state index contributed by atoms with van der Waals surface area (Å²) in [4.78, 5) is 7.33. The number of hydrogen-bond acceptors (Lipinski definition) is 4. The summed E-state index contributed by atoms with van der Waals surface area (Å²) in [6.07, 6.45) is -1.79. The number of aromatic nitrogens is 2. The van der Waals surface area contributed by atoms with Gasteiger partial charge >= 0.3 is 0 Å². The Bertz CT molecular complexity index is 509. The number of H-pyrrole nitrogens is 1. The molecule has 0 spiro atoms. The highest BCUT2D eigenvalue weighted by atomic mass is 16.3. The minimum absolute atomic E-state index is 0.149. The molecule has 5 nitrogen and oxygen atoms in total. The number of fused-ring (bicyclic) bond motifs is 1. The number of imidazole rings is 1. The molecule has 0 bridgehead atoms. The van der Waals surface area contributed by atoms with Crippen LogP contribution in [0.25, 0.3) is 11.0 Å². The first-order chi connectivity index (χ1) is 8.11. The maximum Gasteiger partial charge on any atom is 0.105 e.